The first kappa shape index (κ1) is 17.5. The number of benzene rings is 1. The number of nitrogens with one attached hydrogen (secondary N) is 2. The molecule has 24 heavy (non-hydrogen) atoms. The molecule has 0 aliphatic heterocycles. The van der Waals surface area contributed by atoms with Gasteiger partial charge in [0.2, 0.25) is 0 Å². The molecule has 0 aliphatic carbocycles. The Kier molecular flexibility index (Phi) is 5.22. The van der Waals surface area contributed by atoms with Crippen molar-refractivity contribution in [2.24, 2.45) is 0 Å². The first-order valence-corrected chi connectivity index (χ1v) is 7.05. The lowest BCUT2D eigenvalue weighted by Crippen LogP contribution is -2.35. The van der Waals surface area contributed by atoms with Gasteiger partial charge >= 0.3 is 11.8 Å². The molecule has 0 saturated carbocycles. The minimum atomic E-state index is -1.65. The van der Waals surface area contributed by atoms with Crippen LogP contribution in [0, 0.1) is 17.5 Å². The van der Waals surface area contributed by atoms with E-state index >= 15 is 0 Å². The van der Waals surface area contributed by atoms with E-state index < -0.39 is 29.3 Å². The molecule has 0 atom stereocenters. The van der Waals surface area contributed by atoms with Gasteiger partial charge in [0.25, 0.3) is 0 Å². The van der Waals surface area contributed by atoms with Gasteiger partial charge in [0, 0.05) is 30.1 Å². The van der Waals surface area contributed by atoms with Crippen LogP contribution in [-0.2, 0) is 16.1 Å². The van der Waals surface area contributed by atoms with Crippen LogP contribution >= 0.6 is 0 Å². The maximum Gasteiger partial charge on any atom is 0.313 e. The molecule has 2 aromatic rings. The van der Waals surface area contributed by atoms with Gasteiger partial charge in [0.15, 0.2) is 17.5 Å². The minimum absolute atomic E-state index is 0.0120. The summed E-state index contributed by atoms with van der Waals surface area (Å²) in [7, 11) is 0. The van der Waals surface area contributed by atoms with E-state index in [1.165, 1.54) is 0 Å². The van der Waals surface area contributed by atoms with Crippen molar-refractivity contribution < 1.29 is 22.8 Å². The molecule has 9 heteroatoms. The second-order valence-corrected chi connectivity index (χ2v) is 5.27. The van der Waals surface area contributed by atoms with Gasteiger partial charge in [-0.1, -0.05) is 0 Å². The summed E-state index contributed by atoms with van der Waals surface area (Å²) in [6, 6.07) is 2.99. The Labute approximate surface area is 135 Å². The molecule has 0 spiro atoms. The Hall–Kier alpha value is -2.84. The van der Waals surface area contributed by atoms with Gasteiger partial charge in [0.05, 0.1) is 12.2 Å². The Bertz CT molecular complexity index is 751. The second kappa shape index (κ2) is 7.16. The third-order valence-electron chi connectivity index (χ3n) is 3.07. The monoisotopic (exact) mass is 340 g/mol. The highest BCUT2D eigenvalue weighted by atomic mass is 19.2. The van der Waals surface area contributed by atoms with Gasteiger partial charge in [-0.25, -0.2) is 13.2 Å². The third kappa shape index (κ3) is 4.12. The zero-order chi connectivity index (χ0) is 17.9. The molecule has 1 heterocycles. The molecule has 2 N–H and O–H groups in total. The maximum atomic E-state index is 13.1. The smallest absolute Gasteiger partial charge is 0.313 e. The van der Waals surface area contributed by atoms with Crippen molar-refractivity contribution in [3.05, 3.63) is 47.5 Å². The normalized spacial score (nSPS) is 10.8. The van der Waals surface area contributed by atoms with Crippen molar-refractivity contribution in [2.45, 2.75) is 26.4 Å². The number of hydrogen-bond acceptors (Lipinski definition) is 3. The summed E-state index contributed by atoms with van der Waals surface area (Å²) >= 11 is 0. The Morgan fingerprint density at radius 2 is 1.79 bits per heavy atom. The van der Waals surface area contributed by atoms with Crippen molar-refractivity contribution in [2.75, 3.05) is 5.32 Å². The number of halogens is 3. The van der Waals surface area contributed by atoms with Gasteiger partial charge in [0.1, 0.15) is 0 Å². The average Bonchev–Trinajstić information content (AvgIpc) is 2.99. The zero-order valence-electron chi connectivity index (χ0n) is 12.9. The average molecular weight is 340 g/mol. The van der Waals surface area contributed by atoms with Gasteiger partial charge in [-0.3, -0.25) is 14.3 Å². The van der Waals surface area contributed by atoms with E-state index in [1.54, 1.807) is 16.9 Å². The summed E-state index contributed by atoms with van der Waals surface area (Å²) in [6.07, 6.45) is 1.73. The first-order valence-electron chi connectivity index (χ1n) is 7.05. The molecule has 0 aliphatic rings. The van der Waals surface area contributed by atoms with E-state index in [9.17, 15) is 22.8 Å². The van der Waals surface area contributed by atoms with Crippen LogP contribution in [-0.4, -0.2) is 21.6 Å². The molecule has 0 unspecified atom stereocenters. The van der Waals surface area contributed by atoms with Gasteiger partial charge in [-0.15, -0.1) is 0 Å². The van der Waals surface area contributed by atoms with E-state index in [4.69, 9.17) is 0 Å². The molecule has 2 rings (SSSR count). The number of aromatic nitrogens is 2. The van der Waals surface area contributed by atoms with E-state index in [0.29, 0.717) is 17.8 Å². The van der Waals surface area contributed by atoms with Crippen LogP contribution in [0.3, 0.4) is 0 Å². The van der Waals surface area contributed by atoms with Gasteiger partial charge in [-0.2, -0.15) is 5.10 Å². The Morgan fingerprint density at radius 1 is 1.17 bits per heavy atom. The quantitative estimate of drug-likeness (QED) is 0.661. The number of amides is 2. The van der Waals surface area contributed by atoms with E-state index in [2.05, 4.69) is 10.4 Å². The van der Waals surface area contributed by atoms with E-state index in [1.807, 2.05) is 19.2 Å². The molecule has 0 radical (unpaired) electrons. The Balaban J connectivity index is 1.93. The van der Waals surface area contributed by atoms with E-state index in [-0.39, 0.29) is 18.3 Å². The van der Waals surface area contributed by atoms with Crippen LogP contribution in [0.4, 0.5) is 18.9 Å². The predicted molar refractivity (Wildman–Crippen MR) is 79.4 cm³/mol. The molecule has 0 saturated heterocycles. The van der Waals surface area contributed by atoms with Crippen LogP contribution in [0.5, 0.6) is 0 Å². The van der Waals surface area contributed by atoms with Gasteiger partial charge in [-0.05, 0) is 19.9 Å². The zero-order valence-corrected chi connectivity index (χ0v) is 12.9. The molecule has 1 aromatic heterocycles. The maximum absolute atomic E-state index is 13.1. The third-order valence-corrected chi connectivity index (χ3v) is 3.07. The Morgan fingerprint density at radius 3 is 2.33 bits per heavy atom. The number of hydrogen-bond donors (Lipinski definition) is 2. The number of carbonyl (C=O) groups excluding carboxylic acids is 2. The fraction of sp³-hybridized carbons (Fsp3) is 0.267. The summed E-state index contributed by atoms with van der Waals surface area (Å²) in [5, 5.41) is 8.50. The fourth-order valence-corrected chi connectivity index (χ4v) is 1.83. The minimum Gasteiger partial charge on any atom is -0.342 e. The van der Waals surface area contributed by atoms with Gasteiger partial charge < -0.3 is 10.6 Å². The topological polar surface area (TPSA) is 76.0 Å². The highest BCUT2D eigenvalue weighted by Gasteiger charge is 2.17. The first-order chi connectivity index (χ1) is 11.3. The molecular weight excluding hydrogens is 325 g/mol. The predicted octanol–water partition coefficient (Wildman–Crippen LogP) is 2.14. The summed E-state index contributed by atoms with van der Waals surface area (Å²) in [5.74, 6) is -6.74. The van der Waals surface area contributed by atoms with Crippen LogP contribution in [0.15, 0.2) is 24.4 Å². The lowest BCUT2D eigenvalue weighted by molar-refractivity contribution is -0.136. The number of carbonyl (C=O) groups is 2. The second-order valence-electron chi connectivity index (χ2n) is 5.27. The van der Waals surface area contributed by atoms with Crippen LogP contribution < -0.4 is 10.6 Å². The summed E-state index contributed by atoms with van der Waals surface area (Å²) < 4.78 is 40.6. The van der Waals surface area contributed by atoms with Crippen molar-refractivity contribution >= 4 is 17.5 Å². The largest absolute Gasteiger partial charge is 0.342 e. The summed E-state index contributed by atoms with van der Waals surface area (Å²) in [4.78, 5) is 23.3. The highest BCUT2D eigenvalue weighted by Crippen LogP contribution is 2.17. The van der Waals surface area contributed by atoms with Crippen LogP contribution in [0.1, 0.15) is 25.6 Å². The van der Waals surface area contributed by atoms with Crippen molar-refractivity contribution in [3.8, 4) is 0 Å². The fourth-order valence-electron chi connectivity index (χ4n) is 1.83. The SMILES string of the molecule is CC(C)n1ccc(CNC(=O)C(=O)Nc2cc(F)c(F)c(F)c2)n1. The summed E-state index contributed by atoms with van der Waals surface area (Å²) in [5.41, 5.74) is 0.180. The lowest BCUT2D eigenvalue weighted by atomic mass is 10.3. The summed E-state index contributed by atoms with van der Waals surface area (Å²) in [6.45, 7) is 3.88. The molecular formula is C15H15F3N4O2. The van der Waals surface area contributed by atoms with E-state index in [0.717, 1.165) is 0 Å². The van der Waals surface area contributed by atoms with Crippen molar-refractivity contribution in [1.82, 2.24) is 15.1 Å². The number of nitrogens with zero attached hydrogens (tertiary/aromatic N) is 2. The molecule has 6 nitrogen and oxygen atoms in total. The molecule has 2 amide bonds. The highest BCUT2D eigenvalue weighted by molar-refractivity contribution is 6.39. The molecule has 0 fully saturated rings. The van der Waals surface area contributed by atoms with Crippen LogP contribution in [0.2, 0.25) is 0 Å². The van der Waals surface area contributed by atoms with Crippen molar-refractivity contribution in [3.63, 3.8) is 0 Å². The van der Waals surface area contributed by atoms with Crippen LogP contribution in [0.25, 0.3) is 0 Å². The molecule has 128 valence electrons. The van der Waals surface area contributed by atoms with Crippen molar-refractivity contribution in [1.29, 1.82) is 0 Å². The number of anilines is 1. The standard InChI is InChI=1S/C15H15F3N4O2/c1-8(2)22-4-3-9(21-22)7-19-14(23)15(24)20-10-5-11(16)13(18)12(17)6-10/h3-6,8H,7H2,1-2H3,(H,19,23)(H,20,24). The number of rotatable bonds is 4. The lowest BCUT2D eigenvalue weighted by Gasteiger charge is -2.07. The molecule has 0 bridgehead atoms. The molecule has 1 aromatic carbocycles.